The zero-order valence-electron chi connectivity index (χ0n) is 14.0. The Morgan fingerprint density at radius 3 is 2.52 bits per heavy atom. The van der Waals surface area contributed by atoms with E-state index in [0.717, 1.165) is 56.8 Å². The number of benzene rings is 1. The van der Waals surface area contributed by atoms with Gasteiger partial charge in [-0.05, 0) is 58.6 Å². The predicted molar refractivity (Wildman–Crippen MR) is 89.5 cm³/mol. The average molecular weight is 295 g/mol. The minimum atomic E-state index is -0.113. The molecule has 0 atom stereocenters. The Labute approximate surface area is 129 Å². The summed E-state index contributed by atoms with van der Waals surface area (Å²) in [5.74, 6) is -0.113. The molecule has 1 aromatic carbocycles. The lowest BCUT2D eigenvalue weighted by Crippen LogP contribution is -2.29. The van der Waals surface area contributed by atoms with Crippen molar-refractivity contribution in [1.29, 1.82) is 0 Å². The zero-order valence-corrected chi connectivity index (χ0v) is 14.0. The number of nitrogens with one attached hydrogen (secondary N) is 1. The maximum Gasteiger partial charge on any atom is 0.146 e. The van der Waals surface area contributed by atoms with E-state index < -0.39 is 0 Å². The van der Waals surface area contributed by atoms with E-state index in [2.05, 4.69) is 43.1 Å². The largest absolute Gasteiger partial charge is 0.369 e. The molecule has 3 nitrogen and oxygen atoms in total. The molecule has 1 aromatic rings. The van der Waals surface area contributed by atoms with Gasteiger partial charge in [-0.15, -0.1) is 0 Å². The van der Waals surface area contributed by atoms with Crippen LogP contribution < -0.4 is 10.2 Å². The summed E-state index contributed by atoms with van der Waals surface area (Å²) in [5, 5.41) is 3.37. The lowest BCUT2D eigenvalue weighted by molar-refractivity contribution is 0.400. The van der Waals surface area contributed by atoms with Gasteiger partial charge in [0, 0.05) is 19.6 Å². The lowest BCUT2D eigenvalue weighted by atomic mass is 10.1. The lowest BCUT2D eigenvalue weighted by Gasteiger charge is -2.27. The summed E-state index contributed by atoms with van der Waals surface area (Å²) in [6.07, 6.45) is 2.13. The fraction of sp³-hybridized carbons (Fsp3) is 0.647. The maximum absolute atomic E-state index is 14.3. The van der Waals surface area contributed by atoms with Gasteiger partial charge in [0.2, 0.25) is 0 Å². The second kappa shape index (κ2) is 9.74. The van der Waals surface area contributed by atoms with Gasteiger partial charge in [-0.25, -0.2) is 4.39 Å². The monoisotopic (exact) mass is 295 g/mol. The quantitative estimate of drug-likeness (QED) is 0.669. The minimum absolute atomic E-state index is 0.113. The highest BCUT2D eigenvalue weighted by molar-refractivity contribution is 5.54. The first-order valence-electron chi connectivity index (χ1n) is 7.97. The molecule has 0 amide bonds. The van der Waals surface area contributed by atoms with Crippen molar-refractivity contribution in [2.75, 3.05) is 45.2 Å². The topological polar surface area (TPSA) is 18.5 Å². The molecule has 1 rings (SSSR count). The Morgan fingerprint density at radius 2 is 1.90 bits per heavy atom. The fourth-order valence-electron chi connectivity index (χ4n) is 2.46. The van der Waals surface area contributed by atoms with Crippen LogP contribution in [0.4, 0.5) is 10.1 Å². The number of hydrogen-bond donors (Lipinski definition) is 1. The summed E-state index contributed by atoms with van der Waals surface area (Å²) in [7, 11) is 4.14. The van der Waals surface area contributed by atoms with Crippen molar-refractivity contribution >= 4 is 5.69 Å². The molecule has 1 N–H and O–H groups in total. The van der Waals surface area contributed by atoms with Gasteiger partial charge < -0.3 is 15.1 Å². The highest BCUT2D eigenvalue weighted by Gasteiger charge is 2.14. The van der Waals surface area contributed by atoms with Crippen molar-refractivity contribution in [3.05, 3.63) is 29.6 Å². The summed E-state index contributed by atoms with van der Waals surface area (Å²) in [5.41, 5.74) is 1.82. The third-order valence-corrected chi connectivity index (χ3v) is 3.54. The number of para-hydroxylation sites is 1. The normalized spacial score (nSPS) is 11.1. The summed E-state index contributed by atoms with van der Waals surface area (Å²) >= 11 is 0. The van der Waals surface area contributed by atoms with Crippen LogP contribution in [0.5, 0.6) is 0 Å². The Kier molecular flexibility index (Phi) is 8.31. The van der Waals surface area contributed by atoms with Crippen LogP contribution in [0.3, 0.4) is 0 Å². The molecule has 4 heteroatoms. The van der Waals surface area contributed by atoms with E-state index in [4.69, 9.17) is 0 Å². The summed E-state index contributed by atoms with van der Waals surface area (Å²) in [6.45, 7) is 8.65. The molecule has 0 spiro atoms. The van der Waals surface area contributed by atoms with Crippen LogP contribution in [0.1, 0.15) is 32.3 Å². The van der Waals surface area contributed by atoms with Crippen molar-refractivity contribution in [3.63, 3.8) is 0 Å². The first-order valence-corrected chi connectivity index (χ1v) is 7.97. The molecule has 0 heterocycles. The highest BCUT2D eigenvalue weighted by Crippen LogP contribution is 2.24. The van der Waals surface area contributed by atoms with E-state index in [9.17, 15) is 4.39 Å². The summed E-state index contributed by atoms with van der Waals surface area (Å²) in [6, 6.07) is 5.39. The van der Waals surface area contributed by atoms with E-state index in [1.54, 1.807) is 12.1 Å². The number of nitrogens with zero attached hydrogens (tertiary/aromatic N) is 2. The molecule has 0 saturated heterocycles. The Bertz CT molecular complexity index is 407. The van der Waals surface area contributed by atoms with Crippen LogP contribution in [0.25, 0.3) is 0 Å². The molecule has 0 aliphatic heterocycles. The van der Waals surface area contributed by atoms with Crippen LogP contribution in [0, 0.1) is 5.82 Å². The second-order valence-electron chi connectivity index (χ2n) is 5.66. The number of halogens is 1. The Morgan fingerprint density at radius 1 is 1.14 bits per heavy atom. The molecular weight excluding hydrogens is 265 g/mol. The molecule has 0 fully saturated rings. The second-order valence-corrected chi connectivity index (χ2v) is 5.66. The van der Waals surface area contributed by atoms with Gasteiger partial charge in [-0.1, -0.05) is 19.1 Å². The maximum atomic E-state index is 14.3. The number of anilines is 1. The van der Waals surface area contributed by atoms with Gasteiger partial charge in [0.05, 0.1) is 5.69 Å². The van der Waals surface area contributed by atoms with E-state index in [-0.39, 0.29) is 5.82 Å². The molecule has 0 aliphatic rings. The molecular formula is C17H30FN3. The highest BCUT2D eigenvalue weighted by atomic mass is 19.1. The van der Waals surface area contributed by atoms with Crippen molar-refractivity contribution < 1.29 is 4.39 Å². The van der Waals surface area contributed by atoms with Crippen LogP contribution in [-0.2, 0) is 6.54 Å². The number of hydrogen-bond acceptors (Lipinski definition) is 3. The summed E-state index contributed by atoms with van der Waals surface area (Å²) < 4.78 is 14.3. The molecule has 0 aromatic heterocycles. The van der Waals surface area contributed by atoms with Crippen LogP contribution in [0.2, 0.25) is 0 Å². The molecule has 0 aliphatic carbocycles. The first-order chi connectivity index (χ1) is 10.1. The molecule has 0 saturated carbocycles. The average Bonchev–Trinajstić information content (AvgIpc) is 2.45. The summed E-state index contributed by atoms with van der Waals surface area (Å²) in [4.78, 5) is 4.32. The van der Waals surface area contributed by atoms with Crippen LogP contribution >= 0.6 is 0 Å². The zero-order chi connectivity index (χ0) is 15.7. The van der Waals surface area contributed by atoms with Gasteiger partial charge in [-0.2, -0.15) is 0 Å². The van der Waals surface area contributed by atoms with E-state index in [1.807, 2.05) is 6.07 Å². The SMILES string of the molecule is CCCNCc1cccc(F)c1N(CC)CCCN(C)C. The van der Waals surface area contributed by atoms with Crippen molar-refractivity contribution in [1.82, 2.24) is 10.2 Å². The molecule has 0 unspecified atom stereocenters. The number of rotatable bonds is 10. The van der Waals surface area contributed by atoms with E-state index >= 15 is 0 Å². The Hall–Kier alpha value is -1.13. The predicted octanol–water partition coefficient (Wildman–Crippen LogP) is 3.10. The van der Waals surface area contributed by atoms with E-state index in [0.29, 0.717) is 0 Å². The van der Waals surface area contributed by atoms with Crippen LogP contribution in [-0.4, -0.2) is 45.2 Å². The van der Waals surface area contributed by atoms with Crippen molar-refractivity contribution in [2.24, 2.45) is 0 Å². The van der Waals surface area contributed by atoms with Gasteiger partial charge in [0.25, 0.3) is 0 Å². The van der Waals surface area contributed by atoms with E-state index in [1.165, 1.54) is 0 Å². The van der Waals surface area contributed by atoms with Crippen molar-refractivity contribution in [2.45, 2.75) is 33.2 Å². The van der Waals surface area contributed by atoms with Gasteiger partial charge in [0.15, 0.2) is 0 Å². The molecule has 0 radical (unpaired) electrons. The smallest absolute Gasteiger partial charge is 0.146 e. The Balaban J connectivity index is 2.80. The van der Waals surface area contributed by atoms with Gasteiger partial charge >= 0.3 is 0 Å². The van der Waals surface area contributed by atoms with Gasteiger partial charge in [0.1, 0.15) is 5.82 Å². The fourth-order valence-corrected chi connectivity index (χ4v) is 2.46. The van der Waals surface area contributed by atoms with Crippen LogP contribution in [0.15, 0.2) is 18.2 Å². The molecule has 120 valence electrons. The minimum Gasteiger partial charge on any atom is -0.369 e. The van der Waals surface area contributed by atoms with Crippen molar-refractivity contribution in [3.8, 4) is 0 Å². The standard InChI is InChI=1S/C17H30FN3/c1-5-11-19-14-15-9-7-10-16(18)17(15)21(6-2)13-8-12-20(3)4/h7,9-10,19H,5-6,8,11-14H2,1-4H3. The first kappa shape index (κ1) is 17.9. The third kappa shape index (κ3) is 6.02. The third-order valence-electron chi connectivity index (χ3n) is 3.54. The van der Waals surface area contributed by atoms with Gasteiger partial charge in [-0.3, -0.25) is 0 Å². The molecule has 0 bridgehead atoms. The molecule has 21 heavy (non-hydrogen) atoms.